The van der Waals surface area contributed by atoms with Crippen molar-refractivity contribution in [3.63, 3.8) is 0 Å². The molecule has 0 aliphatic heterocycles. The van der Waals surface area contributed by atoms with Crippen molar-refractivity contribution in [3.05, 3.63) is 56.5 Å². The van der Waals surface area contributed by atoms with Gasteiger partial charge < -0.3 is 9.72 Å². The Morgan fingerprint density at radius 2 is 2.12 bits per heavy atom. The molecule has 0 radical (unpaired) electrons. The summed E-state index contributed by atoms with van der Waals surface area (Å²) in [5.74, 6) is -1.61. The number of hydrogen-bond donors (Lipinski definition) is 1. The summed E-state index contributed by atoms with van der Waals surface area (Å²) in [6.07, 6.45) is 1.83. The van der Waals surface area contributed by atoms with Gasteiger partial charge in [0, 0.05) is 23.2 Å². The molecule has 0 saturated heterocycles. The lowest BCUT2D eigenvalue weighted by Gasteiger charge is -2.14. The first kappa shape index (κ1) is 18.6. The molecule has 0 unspecified atom stereocenters. The lowest BCUT2D eigenvalue weighted by Crippen LogP contribution is -2.19. The first-order valence-corrected chi connectivity index (χ1v) is 9.43. The van der Waals surface area contributed by atoms with Crippen molar-refractivity contribution < 1.29 is 18.3 Å². The van der Waals surface area contributed by atoms with Crippen molar-refractivity contribution in [3.8, 4) is 0 Å². The normalized spacial score (nSPS) is 15.8. The molecule has 1 N–H and O–H groups in total. The van der Waals surface area contributed by atoms with Gasteiger partial charge in [-0.05, 0) is 50.1 Å². The molecular formula is C18H18F2N2O3S. The Morgan fingerprint density at radius 1 is 1.38 bits per heavy atom. The molecule has 2 aromatic rings. The summed E-state index contributed by atoms with van der Waals surface area (Å²) in [6, 6.07) is 2.13. The van der Waals surface area contributed by atoms with Crippen LogP contribution in [0.2, 0.25) is 0 Å². The van der Waals surface area contributed by atoms with E-state index in [1.807, 2.05) is 0 Å². The van der Waals surface area contributed by atoms with Gasteiger partial charge in [-0.25, -0.2) is 13.8 Å². The summed E-state index contributed by atoms with van der Waals surface area (Å²) < 4.78 is 33.1. The first-order valence-electron chi connectivity index (χ1n) is 8.20. The number of fused-ring (bicyclic) bond motifs is 1. The van der Waals surface area contributed by atoms with E-state index < -0.39 is 23.7 Å². The quantitative estimate of drug-likeness (QED) is 0.490. The highest BCUT2D eigenvalue weighted by Crippen LogP contribution is 2.37. The average molecular weight is 380 g/mol. The number of ether oxygens (including phenoxy) is 1. The number of aryl methyl sites for hydroxylation is 1. The molecule has 1 aliphatic carbocycles. The second-order valence-corrected chi connectivity index (χ2v) is 6.87. The topological polar surface area (TPSA) is 72.0 Å². The fourth-order valence-electron chi connectivity index (χ4n) is 3.17. The Kier molecular flexibility index (Phi) is 5.41. The second kappa shape index (κ2) is 7.57. The highest BCUT2D eigenvalue weighted by molar-refractivity contribution is 7.98. The van der Waals surface area contributed by atoms with Crippen LogP contribution in [0.5, 0.6) is 0 Å². The number of nitrogens with zero attached hydrogens (tertiary/aromatic N) is 1. The van der Waals surface area contributed by atoms with Gasteiger partial charge in [0.15, 0.2) is 5.16 Å². The van der Waals surface area contributed by atoms with Crippen molar-refractivity contribution >= 4 is 17.7 Å². The predicted molar refractivity (Wildman–Crippen MR) is 93.2 cm³/mol. The molecule has 0 bridgehead atoms. The summed E-state index contributed by atoms with van der Waals surface area (Å²) >= 11 is 1.32. The molecule has 138 valence electrons. The van der Waals surface area contributed by atoms with E-state index in [0.29, 0.717) is 29.3 Å². The van der Waals surface area contributed by atoms with Gasteiger partial charge in [0.2, 0.25) is 0 Å². The van der Waals surface area contributed by atoms with E-state index >= 15 is 0 Å². The van der Waals surface area contributed by atoms with Crippen molar-refractivity contribution in [1.82, 2.24) is 9.97 Å². The van der Waals surface area contributed by atoms with Gasteiger partial charge in [0.25, 0.3) is 5.56 Å². The summed E-state index contributed by atoms with van der Waals surface area (Å²) in [6.45, 7) is 1.71. The lowest BCUT2D eigenvalue weighted by atomic mass is 10.1. The minimum absolute atomic E-state index is 0.0347. The zero-order valence-electron chi connectivity index (χ0n) is 14.4. The maximum Gasteiger partial charge on any atom is 0.306 e. The number of rotatable bonds is 5. The van der Waals surface area contributed by atoms with Gasteiger partial charge in [-0.2, -0.15) is 0 Å². The third kappa shape index (κ3) is 3.65. The van der Waals surface area contributed by atoms with Crippen LogP contribution in [0.15, 0.2) is 22.1 Å². The Labute approximate surface area is 153 Å². The van der Waals surface area contributed by atoms with Gasteiger partial charge >= 0.3 is 5.97 Å². The fraction of sp³-hybridized carbons (Fsp3) is 0.389. The zero-order chi connectivity index (χ0) is 18.8. The number of hydrogen-bond acceptors (Lipinski definition) is 5. The molecule has 0 fully saturated rings. The molecular weight excluding hydrogens is 362 g/mol. The van der Waals surface area contributed by atoms with Gasteiger partial charge in [0.1, 0.15) is 17.7 Å². The molecule has 5 nitrogen and oxygen atoms in total. The number of benzene rings is 1. The van der Waals surface area contributed by atoms with Gasteiger partial charge in [-0.3, -0.25) is 9.59 Å². The molecule has 1 atom stereocenters. The molecule has 3 rings (SSSR count). The fourth-order valence-corrected chi connectivity index (χ4v) is 3.59. The minimum Gasteiger partial charge on any atom is -0.457 e. The number of nitrogens with one attached hydrogen (secondary N) is 1. The zero-order valence-corrected chi connectivity index (χ0v) is 15.2. The van der Waals surface area contributed by atoms with Crippen LogP contribution in [0, 0.1) is 18.6 Å². The minimum atomic E-state index is -0.787. The smallest absolute Gasteiger partial charge is 0.306 e. The van der Waals surface area contributed by atoms with Crippen molar-refractivity contribution in [2.75, 3.05) is 6.26 Å². The number of thioether (sulfide) groups is 1. The van der Waals surface area contributed by atoms with Gasteiger partial charge in [-0.1, -0.05) is 11.8 Å². The highest BCUT2D eigenvalue weighted by atomic mass is 32.2. The van der Waals surface area contributed by atoms with Crippen molar-refractivity contribution in [2.24, 2.45) is 0 Å². The van der Waals surface area contributed by atoms with Crippen LogP contribution in [0.4, 0.5) is 8.78 Å². The third-order valence-electron chi connectivity index (χ3n) is 4.47. The molecule has 1 aliphatic rings. The average Bonchev–Trinajstić information content (AvgIpc) is 3.02. The number of aromatic nitrogens is 2. The summed E-state index contributed by atoms with van der Waals surface area (Å²) in [4.78, 5) is 31.1. The highest BCUT2D eigenvalue weighted by Gasteiger charge is 2.31. The number of carbonyl (C=O) groups excluding carboxylic acids is 1. The number of esters is 1. The SMILES string of the molecule is CSc1nc(C)c(CCC(=O)O[C@@H]2CCc3c(F)ccc(F)c32)c(=O)[nH]1. The summed E-state index contributed by atoms with van der Waals surface area (Å²) in [7, 11) is 0. The monoisotopic (exact) mass is 380 g/mol. The number of H-pyrrole nitrogens is 1. The number of halogens is 2. The molecule has 8 heteroatoms. The predicted octanol–water partition coefficient (Wildman–Crippen LogP) is 3.24. The van der Waals surface area contributed by atoms with Crippen molar-refractivity contribution in [1.29, 1.82) is 0 Å². The molecule has 0 saturated carbocycles. The maximum atomic E-state index is 14.0. The summed E-state index contributed by atoms with van der Waals surface area (Å²) in [5.41, 5.74) is 1.09. The molecule has 26 heavy (non-hydrogen) atoms. The van der Waals surface area contributed by atoms with Crippen LogP contribution in [0.3, 0.4) is 0 Å². The van der Waals surface area contributed by atoms with Gasteiger partial charge in [-0.15, -0.1) is 0 Å². The van der Waals surface area contributed by atoms with Crippen LogP contribution in [0.1, 0.15) is 41.3 Å². The molecule has 1 heterocycles. The Morgan fingerprint density at radius 3 is 2.81 bits per heavy atom. The Bertz CT molecular complexity index is 914. The van der Waals surface area contributed by atoms with Crippen LogP contribution in [-0.2, 0) is 22.4 Å². The van der Waals surface area contributed by atoms with E-state index in [9.17, 15) is 18.4 Å². The van der Waals surface area contributed by atoms with E-state index in [-0.39, 0.29) is 29.5 Å². The van der Waals surface area contributed by atoms with E-state index in [1.165, 1.54) is 11.8 Å². The molecule has 1 aromatic heterocycles. The Hall–Kier alpha value is -2.22. The molecule has 1 aromatic carbocycles. The van der Waals surface area contributed by atoms with E-state index in [2.05, 4.69) is 9.97 Å². The Balaban J connectivity index is 1.67. The van der Waals surface area contributed by atoms with E-state index in [0.717, 1.165) is 12.1 Å². The maximum absolute atomic E-state index is 14.0. The van der Waals surface area contributed by atoms with E-state index in [4.69, 9.17) is 4.74 Å². The summed E-state index contributed by atoms with van der Waals surface area (Å²) in [5, 5.41) is 0.513. The first-order chi connectivity index (χ1) is 12.4. The van der Waals surface area contributed by atoms with Crippen LogP contribution in [0.25, 0.3) is 0 Å². The molecule has 0 amide bonds. The lowest BCUT2D eigenvalue weighted by molar-refractivity contribution is -0.149. The third-order valence-corrected chi connectivity index (χ3v) is 5.05. The molecule has 0 spiro atoms. The van der Waals surface area contributed by atoms with Crippen LogP contribution >= 0.6 is 11.8 Å². The van der Waals surface area contributed by atoms with E-state index in [1.54, 1.807) is 13.2 Å². The second-order valence-electron chi connectivity index (χ2n) is 6.08. The van der Waals surface area contributed by atoms with Crippen molar-refractivity contribution in [2.45, 2.75) is 43.9 Å². The van der Waals surface area contributed by atoms with Crippen LogP contribution < -0.4 is 5.56 Å². The number of carbonyl (C=O) groups is 1. The largest absolute Gasteiger partial charge is 0.457 e. The van der Waals surface area contributed by atoms with Crippen LogP contribution in [-0.4, -0.2) is 22.2 Å². The standard InChI is InChI=1S/C18H18F2N2O3S/c1-9-10(17(24)22-18(21-9)26-2)4-8-15(23)25-14-7-3-11-12(19)5-6-13(20)16(11)14/h5-6,14H,3-4,7-8H2,1-2H3,(H,21,22,24)/t14-/m1/s1. The number of aromatic amines is 1. The van der Waals surface area contributed by atoms with Gasteiger partial charge in [0.05, 0.1) is 0 Å².